The van der Waals surface area contributed by atoms with Gasteiger partial charge in [0.1, 0.15) is 5.60 Å². The molecule has 4 aliphatic carbocycles. The first-order chi connectivity index (χ1) is 14.4. The highest BCUT2D eigenvalue weighted by Crippen LogP contribution is 2.67. The summed E-state index contributed by atoms with van der Waals surface area (Å²) in [7, 11) is 0. The van der Waals surface area contributed by atoms with Crippen LogP contribution < -0.4 is 0 Å². The Hall–Kier alpha value is -0.830. The summed E-state index contributed by atoms with van der Waals surface area (Å²) in [5.74, 6) is 3.70. The van der Waals surface area contributed by atoms with Crippen molar-refractivity contribution in [1.82, 2.24) is 0 Å². The van der Waals surface area contributed by atoms with E-state index in [0.29, 0.717) is 23.2 Å². The molecule has 3 nitrogen and oxygen atoms in total. The lowest BCUT2D eigenvalue weighted by Crippen LogP contribution is -2.50. The van der Waals surface area contributed by atoms with Gasteiger partial charge in [-0.05, 0) is 119 Å². The van der Waals surface area contributed by atoms with Crippen LogP contribution in [-0.4, -0.2) is 22.8 Å². The van der Waals surface area contributed by atoms with Crippen molar-refractivity contribution in [3.05, 3.63) is 11.6 Å². The van der Waals surface area contributed by atoms with E-state index in [9.17, 15) is 9.90 Å². The van der Waals surface area contributed by atoms with E-state index < -0.39 is 0 Å². The van der Waals surface area contributed by atoms with Gasteiger partial charge < -0.3 is 9.84 Å². The van der Waals surface area contributed by atoms with Crippen molar-refractivity contribution < 1.29 is 14.6 Å². The minimum atomic E-state index is -0.387. The van der Waals surface area contributed by atoms with E-state index in [1.807, 2.05) is 20.8 Å². The third kappa shape index (κ3) is 4.25. The fourth-order valence-electron chi connectivity index (χ4n) is 8.56. The molecule has 0 heterocycles. The molecule has 31 heavy (non-hydrogen) atoms. The maximum absolute atomic E-state index is 12.3. The molecule has 0 bridgehead atoms. The number of ether oxygens (including phenoxy) is 1. The van der Waals surface area contributed by atoms with Crippen molar-refractivity contribution in [2.75, 3.05) is 0 Å². The van der Waals surface area contributed by atoms with Crippen LogP contribution in [0.5, 0.6) is 0 Å². The lowest BCUT2D eigenvalue weighted by molar-refractivity contribution is -0.155. The first-order valence-corrected chi connectivity index (χ1v) is 13.0. The molecule has 1 N–H and O–H groups in total. The van der Waals surface area contributed by atoms with Gasteiger partial charge in [-0.25, -0.2) is 0 Å². The zero-order chi connectivity index (χ0) is 22.6. The van der Waals surface area contributed by atoms with Gasteiger partial charge in [-0.3, -0.25) is 4.79 Å². The Morgan fingerprint density at radius 3 is 2.61 bits per heavy atom. The predicted octanol–water partition coefficient (Wildman–Crippen LogP) is 6.68. The molecule has 8 atom stereocenters. The molecular weight excluding hydrogens is 384 g/mol. The minimum absolute atomic E-state index is 0.0416. The number of carbonyl (C=O) groups is 1. The van der Waals surface area contributed by atoms with Gasteiger partial charge in [0.15, 0.2) is 0 Å². The Morgan fingerprint density at radius 2 is 1.90 bits per heavy atom. The molecule has 3 fully saturated rings. The molecule has 0 aliphatic heterocycles. The Bertz CT molecular complexity index is 718. The van der Waals surface area contributed by atoms with Crippen molar-refractivity contribution >= 4 is 5.97 Å². The highest BCUT2D eigenvalue weighted by atomic mass is 16.6. The van der Waals surface area contributed by atoms with Crippen molar-refractivity contribution in [1.29, 1.82) is 0 Å². The summed E-state index contributed by atoms with van der Waals surface area (Å²) in [6, 6.07) is 0. The standard InChI is InChI=1S/C28H46O3/c1-18(7-12-25(30)31-26(2,3)4)22-10-11-23-21-9-8-19-17-20(29)13-15-27(19,5)24(21)14-16-28(22,23)6/h8,18,20-24,29H,7,9-17H2,1-6H3/t18-,20+,21+,22-,23+,24+,27+,28-/m1/s1. The van der Waals surface area contributed by atoms with E-state index in [-0.39, 0.29) is 17.7 Å². The van der Waals surface area contributed by atoms with E-state index >= 15 is 0 Å². The second kappa shape index (κ2) is 8.19. The van der Waals surface area contributed by atoms with Crippen LogP contribution in [0.1, 0.15) is 106 Å². The van der Waals surface area contributed by atoms with Crippen LogP contribution in [-0.2, 0) is 9.53 Å². The van der Waals surface area contributed by atoms with E-state index in [4.69, 9.17) is 4.74 Å². The lowest BCUT2D eigenvalue weighted by atomic mass is 9.47. The lowest BCUT2D eigenvalue weighted by Gasteiger charge is -2.58. The average molecular weight is 431 g/mol. The molecule has 0 spiro atoms. The smallest absolute Gasteiger partial charge is 0.306 e. The fraction of sp³-hybridized carbons (Fsp3) is 0.893. The number of hydrogen-bond donors (Lipinski definition) is 1. The molecule has 4 aliphatic rings. The number of carbonyl (C=O) groups excluding carboxylic acids is 1. The Balaban J connectivity index is 1.44. The second-order valence-electron chi connectivity index (χ2n) is 13.0. The average Bonchev–Trinajstić information content (AvgIpc) is 3.02. The Labute approximate surface area is 190 Å². The first-order valence-electron chi connectivity index (χ1n) is 13.0. The maximum Gasteiger partial charge on any atom is 0.306 e. The van der Waals surface area contributed by atoms with E-state index in [0.717, 1.165) is 42.9 Å². The summed E-state index contributed by atoms with van der Waals surface area (Å²) >= 11 is 0. The van der Waals surface area contributed by atoms with Crippen molar-refractivity contribution in [3.8, 4) is 0 Å². The molecule has 0 aromatic heterocycles. The summed E-state index contributed by atoms with van der Waals surface area (Å²) in [6.45, 7) is 13.3. The second-order valence-corrected chi connectivity index (χ2v) is 13.0. The summed E-state index contributed by atoms with van der Waals surface area (Å²) in [5.41, 5.74) is 1.92. The monoisotopic (exact) mass is 430 g/mol. The number of rotatable bonds is 4. The molecular formula is C28H46O3. The van der Waals surface area contributed by atoms with Crippen LogP contribution in [0.25, 0.3) is 0 Å². The van der Waals surface area contributed by atoms with Gasteiger partial charge >= 0.3 is 5.97 Å². The van der Waals surface area contributed by atoms with Gasteiger partial charge in [0.25, 0.3) is 0 Å². The number of aliphatic hydroxyl groups is 1. The molecule has 3 heteroatoms. The zero-order valence-electron chi connectivity index (χ0n) is 20.9. The molecule has 0 aromatic rings. The van der Waals surface area contributed by atoms with Gasteiger partial charge in [0.05, 0.1) is 6.10 Å². The van der Waals surface area contributed by atoms with Gasteiger partial charge in [0.2, 0.25) is 0 Å². The Kier molecular flexibility index (Phi) is 6.16. The molecule has 0 amide bonds. The highest BCUT2D eigenvalue weighted by Gasteiger charge is 2.59. The molecule has 4 rings (SSSR count). The van der Waals surface area contributed by atoms with E-state index in [1.54, 1.807) is 5.57 Å². The first kappa shape index (κ1) is 23.3. The summed E-state index contributed by atoms with van der Waals surface area (Å²) in [5, 5.41) is 10.2. The van der Waals surface area contributed by atoms with Crippen LogP contribution in [0.15, 0.2) is 11.6 Å². The largest absolute Gasteiger partial charge is 0.460 e. The van der Waals surface area contributed by atoms with Crippen molar-refractivity contribution in [2.45, 2.75) is 117 Å². The molecule has 3 saturated carbocycles. The van der Waals surface area contributed by atoms with Gasteiger partial charge in [-0.15, -0.1) is 0 Å². The van der Waals surface area contributed by atoms with Gasteiger partial charge in [0, 0.05) is 6.42 Å². The van der Waals surface area contributed by atoms with Gasteiger partial charge in [-0.2, -0.15) is 0 Å². The van der Waals surface area contributed by atoms with E-state index in [2.05, 4.69) is 26.8 Å². The molecule has 0 radical (unpaired) electrons. The quantitative estimate of drug-likeness (QED) is 0.399. The Morgan fingerprint density at radius 1 is 1.16 bits per heavy atom. The number of aliphatic hydroxyl groups excluding tert-OH is 1. The highest BCUT2D eigenvalue weighted by molar-refractivity contribution is 5.69. The minimum Gasteiger partial charge on any atom is -0.460 e. The van der Waals surface area contributed by atoms with Crippen molar-refractivity contribution in [2.24, 2.45) is 40.4 Å². The van der Waals surface area contributed by atoms with Crippen LogP contribution >= 0.6 is 0 Å². The van der Waals surface area contributed by atoms with Crippen LogP contribution in [0.2, 0.25) is 0 Å². The summed E-state index contributed by atoms with van der Waals surface area (Å²) in [6.07, 6.45) is 13.6. The topological polar surface area (TPSA) is 46.5 Å². The predicted molar refractivity (Wildman–Crippen MR) is 125 cm³/mol. The van der Waals surface area contributed by atoms with Crippen LogP contribution in [0, 0.1) is 40.4 Å². The van der Waals surface area contributed by atoms with Crippen LogP contribution in [0.3, 0.4) is 0 Å². The van der Waals surface area contributed by atoms with Crippen molar-refractivity contribution in [3.63, 3.8) is 0 Å². The SMILES string of the molecule is C[C@H](CCC(=O)OC(C)(C)C)[C@H]1CC[C@H]2[C@@H]3CC=C4C[C@@H](O)CC[C@]4(C)[C@H]3CC[C@]12C. The molecule has 176 valence electrons. The number of fused-ring (bicyclic) bond motifs is 5. The van der Waals surface area contributed by atoms with Crippen LogP contribution in [0.4, 0.5) is 0 Å². The normalized spacial score (nSPS) is 43.3. The zero-order valence-corrected chi connectivity index (χ0v) is 20.9. The third-order valence-corrected chi connectivity index (χ3v) is 10.1. The fourth-order valence-corrected chi connectivity index (χ4v) is 8.56. The summed E-state index contributed by atoms with van der Waals surface area (Å²) in [4.78, 5) is 12.3. The van der Waals surface area contributed by atoms with E-state index in [1.165, 1.54) is 38.5 Å². The molecule has 0 unspecified atom stereocenters. The number of allylic oxidation sites excluding steroid dienone is 1. The molecule has 0 aromatic carbocycles. The summed E-state index contributed by atoms with van der Waals surface area (Å²) < 4.78 is 5.56. The number of hydrogen-bond acceptors (Lipinski definition) is 3. The third-order valence-electron chi connectivity index (χ3n) is 10.1. The number of esters is 1. The molecule has 0 saturated heterocycles. The maximum atomic E-state index is 12.3. The van der Waals surface area contributed by atoms with Gasteiger partial charge in [-0.1, -0.05) is 32.4 Å².